The first-order chi connectivity index (χ1) is 12.2. The van der Waals surface area contributed by atoms with E-state index in [1.54, 1.807) is 0 Å². The van der Waals surface area contributed by atoms with Gasteiger partial charge in [-0.2, -0.15) is 0 Å². The number of rotatable bonds is 8. The summed E-state index contributed by atoms with van der Waals surface area (Å²) in [5.41, 5.74) is 4.76. The molecule has 2 aromatic carbocycles. The molecule has 0 aliphatic heterocycles. The molecule has 0 radical (unpaired) electrons. The van der Waals surface area contributed by atoms with E-state index in [9.17, 15) is 4.79 Å². The number of carbonyl (C=O) groups excluding carboxylic acids is 1. The van der Waals surface area contributed by atoms with Crippen LogP contribution in [0.1, 0.15) is 48.9 Å². The highest BCUT2D eigenvalue weighted by Gasteiger charge is 2.14. The van der Waals surface area contributed by atoms with Crippen LogP contribution in [0.25, 0.3) is 12.2 Å². The zero-order valence-corrected chi connectivity index (χ0v) is 15.1. The van der Waals surface area contributed by atoms with Crippen LogP contribution in [0.3, 0.4) is 0 Å². The molecule has 0 spiro atoms. The van der Waals surface area contributed by atoms with E-state index in [2.05, 4.69) is 44.7 Å². The topological polar surface area (TPSA) is 26.3 Å². The Hall–Kier alpha value is -2.61. The lowest BCUT2D eigenvalue weighted by atomic mass is 9.93. The molecule has 0 saturated carbocycles. The third-order valence-electron chi connectivity index (χ3n) is 4.06. The molecule has 0 aliphatic carbocycles. The maximum atomic E-state index is 11.6. The maximum absolute atomic E-state index is 11.6. The summed E-state index contributed by atoms with van der Waals surface area (Å²) in [4.78, 5) is 11.6. The normalized spacial score (nSPS) is 10.8. The van der Waals surface area contributed by atoms with Gasteiger partial charge in [-0.05, 0) is 41.2 Å². The highest BCUT2D eigenvalue weighted by molar-refractivity contribution is 5.84. The first-order valence-corrected chi connectivity index (χ1v) is 8.91. The van der Waals surface area contributed by atoms with Crippen LogP contribution < -0.4 is 4.74 Å². The summed E-state index contributed by atoms with van der Waals surface area (Å²) in [5, 5.41) is 0. The monoisotopic (exact) mass is 334 g/mol. The molecule has 0 amide bonds. The van der Waals surface area contributed by atoms with Crippen molar-refractivity contribution < 1.29 is 9.53 Å². The number of carbonyl (C=O) groups is 1. The highest BCUT2D eigenvalue weighted by atomic mass is 16.5. The molecule has 2 heteroatoms. The molecule has 0 aromatic heterocycles. The van der Waals surface area contributed by atoms with Gasteiger partial charge in [-0.1, -0.05) is 81.8 Å². The van der Waals surface area contributed by atoms with Crippen molar-refractivity contribution in [2.75, 3.05) is 0 Å². The minimum absolute atomic E-state index is 0.410. The van der Waals surface area contributed by atoms with Crippen molar-refractivity contribution in [2.45, 2.75) is 39.5 Å². The first kappa shape index (κ1) is 18.7. The van der Waals surface area contributed by atoms with E-state index in [4.69, 9.17) is 4.74 Å². The van der Waals surface area contributed by atoms with Crippen molar-refractivity contribution in [3.05, 3.63) is 77.4 Å². The molecule has 0 unspecified atom stereocenters. The summed E-state index contributed by atoms with van der Waals surface area (Å²) in [6.07, 6.45) is 9.38. The number of ether oxygens (including phenoxy) is 1. The lowest BCUT2D eigenvalue weighted by molar-refractivity contribution is -0.129. The largest absolute Gasteiger partial charge is 0.423 e. The van der Waals surface area contributed by atoms with Gasteiger partial charge in [-0.3, -0.25) is 0 Å². The predicted octanol–water partition coefficient (Wildman–Crippen LogP) is 5.85. The smallest absolute Gasteiger partial charge is 0.335 e. The molecule has 2 aromatic rings. The second kappa shape index (κ2) is 9.63. The zero-order chi connectivity index (χ0) is 18.1. The van der Waals surface area contributed by atoms with Crippen LogP contribution in [0.4, 0.5) is 0 Å². The van der Waals surface area contributed by atoms with Crippen molar-refractivity contribution >= 4 is 18.1 Å². The standard InChI is InChI=1S/C23H26O2/c1-4-10-20-19(15-14-18-12-8-7-9-13-18)16-17-22(21(20)11-5-2)25-23(24)6-3/h6-9,12-17H,3-5,10-11H2,1-2H3. The average molecular weight is 334 g/mol. The van der Waals surface area contributed by atoms with Gasteiger partial charge in [0.1, 0.15) is 5.75 Å². The molecule has 0 saturated heterocycles. The van der Waals surface area contributed by atoms with E-state index in [1.807, 2.05) is 30.3 Å². The molecule has 2 rings (SSSR count). The molecular formula is C23H26O2. The molecule has 0 atom stereocenters. The van der Waals surface area contributed by atoms with Gasteiger partial charge in [-0.25, -0.2) is 4.79 Å². The Morgan fingerprint density at radius 2 is 1.64 bits per heavy atom. The van der Waals surface area contributed by atoms with Gasteiger partial charge in [0.05, 0.1) is 0 Å². The lowest BCUT2D eigenvalue weighted by Crippen LogP contribution is -2.08. The van der Waals surface area contributed by atoms with E-state index in [1.165, 1.54) is 22.8 Å². The van der Waals surface area contributed by atoms with E-state index < -0.39 is 5.97 Å². The first-order valence-electron chi connectivity index (χ1n) is 8.91. The Kier molecular flexibility index (Phi) is 7.21. The third kappa shape index (κ3) is 5.18. The quantitative estimate of drug-likeness (QED) is 0.262. The molecule has 0 aliphatic rings. The minimum atomic E-state index is -0.410. The molecule has 0 heterocycles. The third-order valence-corrected chi connectivity index (χ3v) is 4.06. The van der Waals surface area contributed by atoms with Gasteiger partial charge in [0.25, 0.3) is 0 Å². The van der Waals surface area contributed by atoms with Gasteiger partial charge in [-0.15, -0.1) is 0 Å². The Morgan fingerprint density at radius 3 is 2.28 bits per heavy atom. The Labute approximate surface area is 150 Å². The number of hydrogen-bond acceptors (Lipinski definition) is 2. The van der Waals surface area contributed by atoms with E-state index >= 15 is 0 Å². The van der Waals surface area contributed by atoms with Crippen LogP contribution >= 0.6 is 0 Å². The average Bonchev–Trinajstić information content (AvgIpc) is 2.64. The van der Waals surface area contributed by atoms with Crippen LogP contribution in [0.15, 0.2) is 55.1 Å². The molecule has 130 valence electrons. The Bertz CT molecular complexity index is 742. The summed E-state index contributed by atoms with van der Waals surface area (Å²) >= 11 is 0. The van der Waals surface area contributed by atoms with Crippen LogP contribution in [0.2, 0.25) is 0 Å². The van der Waals surface area contributed by atoms with Gasteiger partial charge in [0, 0.05) is 6.08 Å². The fourth-order valence-corrected chi connectivity index (χ4v) is 2.91. The van der Waals surface area contributed by atoms with Gasteiger partial charge in [0.15, 0.2) is 0 Å². The fourth-order valence-electron chi connectivity index (χ4n) is 2.91. The van der Waals surface area contributed by atoms with Crippen molar-refractivity contribution in [2.24, 2.45) is 0 Å². The molecule has 25 heavy (non-hydrogen) atoms. The van der Waals surface area contributed by atoms with Gasteiger partial charge < -0.3 is 4.74 Å². The minimum Gasteiger partial charge on any atom is -0.423 e. The van der Waals surface area contributed by atoms with E-state index in [0.29, 0.717) is 5.75 Å². The van der Waals surface area contributed by atoms with Crippen molar-refractivity contribution in [1.82, 2.24) is 0 Å². The zero-order valence-electron chi connectivity index (χ0n) is 15.1. The van der Waals surface area contributed by atoms with Crippen LogP contribution in [-0.2, 0) is 17.6 Å². The predicted molar refractivity (Wildman–Crippen MR) is 106 cm³/mol. The van der Waals surface area contributed by atoms with E-state index in [0.717, 1.165) is 31.2 Å². The van der Waals surface area contributed by atoms with Crippen molar-refractivity contribution in [3.8, 4) is 5.75 Å². The molecule has 0 fully saturated rings. The molecular weight excluding hydrogens is 308 g/mol. The Balaban J connectivity index is 2.45. The van der Waals surface area contributed by atoms with E-state index in [-0.39, 0.29) is 0 Å². The summed E-state index contributed by atoms with van der Waals surface area (Å²) in [6.45, 7) is 7.80. The van der Waals surface area contributed by atoms with Crippen LogP contribution in [0.5, 0.6) is 5.75 Å². The second-order valence-electron chi connectivity index (χ2n) is 5.98. The highest BCUT2D eigenvalue weighted by Crippen LogP contribution is 2.30. The number of benzene rings is 2. The molecule has 2 nitrogen and oxygen atoms in total. The summed E-state index contributed by atoms with van der Waals surface area (Å²) in [7, 11) is 0. The summed E-state index contributed by atoms with van der Waals surface area (Å²) in [6, 6.07) is 14.2. The van der Waals surface area contributed by atoms with Crippen LogP contribution in [-0.4, -0.2) is 5.97 Å². The summed E-state index contributed by atoms with van der Waals surface area (Å²) in [5.74, 6) is 0.249. The number of hydrogen-bond donors (Lipinski definition) is 0. The number of esters is 1. The second-order valence-corrected chi connectivity index (χ2v) is 5.98. The Morgan fingerprint density at radius 1 is 0.960 bits per heavy atom. The lowest BCUT2D eigenvalue weighted by Gasteiger charge is -2.16. The fraction of sp³-hybridized carbons (Fsp3) is 0.261. The molecule has 0 bridgehead atoms. The van der Waals surface area contributed by atoms with Crippen LogP contribution in [0, 0.1) is 0 Å². The van der Waals surface area contributed by atoms with Crippen molar-refractivity contribution in [1.29, 1.82) is 0 Å². The van der Waals surface area contributed by atoms with Crippen molar-refractivity contribution in [3.63, 3.8) is 0 Å². The maximum Gasteiger partial charge on any atom is 0.335 e. The SMILES string of the molecule is C=CC(=O)Oc1ccc(C=Cc2ccccc2)c(CCC)c1CCC. The summed E-state index contributed by atoms with van der Waals surface area (Å²) < 4.78 is 5.47. The molecule has 0 N–H and O–H groups in total. The van der Waals surface area contributed by atoms with Gasteiger partial charge >= 0.3 is 5.97 Å². The van der Waals surface area contributed by atoms with Gasteiger partial charge in [0.2, 0.25) is 0 Å².